The zero-order valence-corrected chi connectivity index (χ0v) is 9.79. The normalized spacial score (nSPS) is 18.6. The van der Waals surface area contributed by atoms with Crippen molar-refractivity contribution in [2.45, 2.75) is 38.9 Å². The minimum atomic E-state index is 0.115. The third kappa shape index (κ3) is 2.42. The zero-order valence-electron chi connectivity index (χ0n) is 9.79. The van der Waals surface area contributed by atoms with Crippen molar-refractivity contribution in [3.63, 3.8) is 0 Å². The molecule has 0 radical (unpaired) electrons. The molecule has 86 valence electrons. The molecule has 2 rings (SSSR count). The molecule has 16 heavy (non-hydrogen) atoms. The second kappa shape index (κ2) is 4.66. The summed E-state index contributed by atoms with van der Waals surface area (Å²) in [5.41, 5.74) is 2.58. The number of carbonyl (C=O) groups excluding carboxylic acids is 1. The van der Waals surface area contributed by atoms with Crippen LogP contribution >= 0.6 is 0 Å². The average molecular weight is 218 g/mol. The van der Waals surface area contributed by atoms with E-state index in [1.54, 1.807) is 0 Å². The van der Waals surface area contributed by atoms with Gasteiger partial charge >= 0.3 is 0 Å². The second-order valence-electron chi connectivity index (χ2n) is 4.56. The summed E-state index contributed by atoms with van der Waals surface area (Å²) in [5, 5.41) is 6.29. The Balaban J connectivity index is 2.00. The third-order valence-corrected chi connectivity index (χ3v) is 2.81. The molecule has 2 N–H and O–H groups in total. The highest BCUT2D eigenvalue weighted by molar-refractivity contribution is 5.77. The fraction of sp³-hybridized carbons (Fsp3) is 0.462. The lowest BCUT2D eigenvalue weighted by Gasteiger charge is -2.13. The number of hydrogen-bond acceptors (Lipinski definition) is 2. The van der Waals surface area contributed by atoms with Gasteiger partial charge in [0.05, 0.1) is 0 Å². The largest absolute Gasteiger partial charge is 0.354 e. The van der Waals surface area contributed by atoms with Crippen molar-refractivity contribution in [3.8, 4) is 0 Å². The van der Waals surface area contributed by atoms with E-state index in [4.69, 9.17) is 0 Å². The molecule has 1 amide bonds. The van der Waals surface area contributed by atoms with E-state index in [-0.39, 0.29) is 18.0 Å². The smallest absolute Gasteiger partial charge is 0.222 e. The summed E-state index contributed by atoms with van der Waals surface area (Å²) < 4.78 is 0. The van der Waals surface area contributed by atoms with Crippen LogP contribution in [-0.2, 0) is 11.3 Å². The number of nitrogens with one attached hydrogen (secondary N) is 2. The van der Waals surface area contributed by atoms with Crippen molar-refractivity contribution in [1.82, 2.24) is 10.6 Å². The van der Waals surface area contributed by atoms with Gasteiger partial charge in [-0.2, -0.15) is 0 Å². The van der Waals surface area contributed by atoms with Crippen molar-refractivity contribution < 1.29 is 4.79 Å². The zero-order chi connectivity index (χ0) is 11.5. The molecule has 1 aliphatic rings. The Morgan fingerprint density at radius 3 is 3.00 bits per heavy atom. The summed E-state index contributed by atoms with van der Waals surface area (Å²) in [6.45, 7) is 4.83. The minimum Gasteiger partial charge on any atom is -0.354 e. The van der Waals surface area contributed by atoms with Crippen molar-refractivity contribution >= 4 is 5.91 Å². The molecule has 1 aromatic rings. The Morgan fingerprint density at radius 1 is 1.50 bits per heavy atom. The number of carbonyl (C=O) groups is 1. The van der Waals surface area contributed by atoms with Crippen LogP contribution in [0.1, 0.15) is 37.4 Å². The van der Waals surface area contributed by atoms with Crippen LogP contribution < -0.4 is 10.6 Å². The van der Waals surface area contributed by atoms with Crippen molar-refractivity contribution in [3.05, 3.63) is 35.4 Å². The lowest BCUT2D eigenvalue weighted by atomic mass is 10.0. The molecule has 1 atom stereocenters. The molecule has 0 fully saturated rings. The number of benzene rings is 1. The molecule has 0 saturated heterocycles. The van der Waals surface area contributed by atoms with Gasteiger partial charge < -0.3 is 10.6 Å². The van der Waals surface area contributed by atoms with E-state index in [1.807, 2.05) is 26.0 Å². The van der Waals surface area contributed by atoms with Gasteiger partial charge in [-0.15, -0.1) is 0 Å². The van der Waals surface area contributed by atoms with Crippen molar-refractivity contribution in [1.29, 1.82) is 0 Å². The van der Waals surface area contributed by atoms with Gasteiger partial charge in [-0.3, -0.25) is 4.79 Å². The molecule has 1 aromatic carbocycles. The van der Waals surface area contributed by atoms with E-state index in [1.165, 1.54) is 11.1 Å². The SMILES string of the molecule is CC(C)NC(=O)CC1NCc2ccccc21. The van der Waals surface area contributed by atoms with Crippen LogP contribution in [0.25, 0.3) is 0 Å². The Labute approximate surface area is 96.2 Å². The fourth-order valence-electron chi connectivity index (χ4n) is 2.13. The number of amides is 1. The van der Waals surface area contributed by atoms with Crippen molar-refractivity contribution in [2.75, 3.05) is 0 Å². The van der Waals surface area contributed by atoms with Gasteiger partial charge in [-0.05, 0) is 25.0 Å². The molecule has 1 aliphatic heterocycles. The van der Waals surface area contributed by atoms with E-state index in [0.29, 0.717) is 6.42 Å². The van der Waals surface area contributed by atoms with Gasteiger partial charge in [-0.25, -0.2) is 0 Å². The van der Waals surface area contributed by atoms with Gasteiger partial charge in [0.2, 0.25) is 5.91 Å². The first-order valence-corrected chi connectivity index (χ1v) is 5.77. The van der Waals surface area contributed by atoms with E-state index < -0.39 is 0 Å². The average Bonchev–Trinajstić information content (AvgIpc) is 2.61. The maximum absolute atomic E-state index is 11.7. The van der Waals surface area contributed by atoms with Crippen LogP contribution in [-0.4, -0.2) is 11.9 Å². The fourth-order valence-corrected chi connectivity index (χ4v) is 2.13. The molecular weight excluding hydrogens is 200 g/mol. The molecule has 0 aliphatic carbocycles. The standard InChI is InChI=1S/C13H18N2O/c1-9(2)15-13(16)7-12-11-6-4-3-5-10(11)8-14-12/h3-6,9,12,14H,7-8H2,1-2H3,(H,15,16). The van der Waals surface area contributed by atoms with Gasteiger partial charge in [0.1, 0.15) is 0 Å². The Morgan fingerprint density at radius 2 is 2.25 bits per heavy atom. The van der Waals surface area contributed by atoms with Gasteiger partial charge in [0, 0.05) is 25.0 Å². The Kier molecular flexibility index (Phi) is 3.25. The maximum atomic E-state index is 11.7. The first-order valence-electron chi connectivity index (χ1n) is 5.77. The summed E-state index contributed by atoms with van der Waals surface area (Å²) in [5.74, 6) is 0.115. The number of rotatable bonds is 3. The predicted octanol–water partition coefficient (Wildman–Crippen LogP) is 1.75. The molecular formula is C13H18N2O. The highest BCUT2D eigenvalue weighted by Crippen LogP contribution is 2.27. The maximum Gasteiger partial charge on any atom is 0.222 e. The topological polar surface area (TPSA) is 41.1 Å². The summed E-state index contributed by atoms with van der Waals surface area (Å²) >= 11 is 0. The molecule has 0 aromatic heterocycles. The number of hydrogen-bond donors (Lipinski definition) is 2. The summed E-state index contributed by atoms with van der Waals surface area (Å²) in [4.78, 5) is 11.7. The van der Waals surface area contributed by atoms with E-state index in [9.17, 15) is 4.79 Å². The summed E-state index contributed by atoms with van der Waals surface area (Å²) in [7, 11) is 0. The second-order valence-corrected chi connectivity index (χ2v) is 4.56. The lowest BCUT2D eigenvalue weighted by Crippen LogP contribution is -2.32. The highest BCUT2D eigenvalue weighted by atomic mass is 16.1. The van der Waals surface area contributed by atoms with Crippen LogP contribution in [0, 0.1) is 0 Å². The Hall–Kier alpha value is -1.35. The third-order valence-electron chi connectivity index (χ3n) is 2.81. The molecule has 3 nitrogen and oxygen atoms in total. The number of fused-ring (bicyclic) bond motifs is 1. The molecule has 0 bridgehead atoms. The first-order chi connectivity index (χ1) is 7.66. The Bertz CT molecular complexity index is 387. The van der Waals surface area contributed by atoms with Crippen molar-refractivity contribution in [2.24, 2.45) is 0 Å². The predicted molar refractivity (Wildman–Crippen MR) is 63.9 cm³/mol. The molecule has 1 unspecified atom stereocenters. The van der Waals surface area contributed by atoms with E-state index in [2.05, 4.69) is 22.8 Å². The first kappa shape index (κ1) is 11.1. The van der Waals surface area contributed by atoms with Gasteiger partial charge in [0.15, 0.2) is 0 Å². The van der Waals surface area contributed by atoms with Crippen LogP contribution in [0.4, 0.5) is 0 Å². The molecule has 0 saturated carbocycles. The highest BCUT2D eigenvalue weighted by Gasteiger charge is 2.23. The van der Waals surface area contributed by atoms with Crippen LogP contribution in [0.2, 0.25) is 0 Å². The molecule has 3 heteroatoms. The van der Waals surface area contributed by atoms with Crippen LogP contribution in [0.3, 0.4) is 0 Å². The van der Waals surface area contributed by atoms with E-state index >= 15 is 0 Å². The lowest BCUT2D eigenvalue weighted by molar-refractivity contribution is -0.122. The monoisotopic (exact) mass is 218 g/mol. The van der Waals surface area contributed by atoms with Gasteiger partial charge in [-0.1, -0.05) is 24.3 Å². The van der Waals surface area contributed by atoms with Crippen LogP contribution in [0.15, 0.2) is 24.3 Å². The molecule has 1 heterocycles. The minimum absolute atomic E-state index is 0.115. The quantitative estimate of drug-likeness (QED) is 0.811. The summed E-state index contributed by atoms with van der Waals surface area (Å²) in [6.07, 6.45) is 0.523. The molecule has 0 spiro atoms. The van der Waals surface area contributed by atoms with Gasteiger partial charge in [0.25, 0.3) is 0 Å². The summed E-state index contributed by atoms with van der Waals surface area (Å²) in [6, 6.07) is 8.67. The van der Waals surface area contributed by atoms with Crippen LogP contribution in [0.5, 0.6) is 0 Å². The van der Waals surface area contributed by atoms with E-state index in [0.717, 1.165) is 6.54 Å².